The number of fused-ring (bicyclic) bond motifs is 1. The minimum absolute atomic E-state index is 0.0419. The molecule has 3 aromatic rings. The van der Waals surface area contributed by atoms with Crippen molar-refractivity contribution < 1.29 is 0 Å². The molecule has 6 heteroatoms. The standard InChI is InChI=1S/C20H24N4OS/c1-12-5-6-15(11-13(12)2)16-14(3)26-19-17(16)18(25)22-20(23-19)24-9-4-7-21-8-10-24/h5-6,11,21H,4,7-10H2,1-3H3,(H,22,23,25). The normalized spacial score (nSPS) is 15.4. The second kappa shape index (κ2) is 6.85. The minimum Gasteiger partial charge on any atom is -0.341 e. The van der Waals surface area contributed by atoms with Crippen LogP contribution in [0.15, 0.2) is 23.0 Å². The van der Waals surface area contributed by atoms with E-state index in [4.69, 9.17) is 4.98 Å². The van der Waals surface area contributed by atoms with Crippen LogP contribution in [0.25, 0.3) is 21.3 Å². The molecule has 1 aliphatic rings. The molecule has 1 fully saturated rings. The predicted molar refractivity (Wildman–Crippen MR) is 110 cm³/mol. The molecule has 3 heterocycles. The van der Waals surface area contributed by atoms with Crippen molar-refractivity contribution in [1.29, 1.82) is 0 Å². The first-order chi connectivity index (χ1) is 12.5. The third-order valence-electron chi connectivity index (χ3n) is 5.16. The summed E-state index contributed by atoms with van der Waals surface area (Å²) in [6.07, 6.45) is 1.05. The van der Waals surface area contributed by atoms with Crippen molar-refractivity contribution in [1.82, 2.24) is 15.3 Å². The van der Waals surface area contributed by atoms with Gasteiger partial charge in [0.1, 0.15) is 4.83 Å². The van der Waals surface area contributed by atoms with Crippen LogP contribution in [0, 0.1) is 20.8 Å². The Hall–Kier alpha value is -2.18. The van der Waals surface area contributed by atoms with Gasteiger partial charge in [-0.05, 0) is 50.4 Å². The molecule has 0 aliphatic carbocycles. The van der Waals surface area contributed by atoms with Crippen LogP contribution in [0.2, 0.25) is 0 Å². The number of aromatic nitrogens is 2. The van der Waals surface area contributed by atoms with Crippen LogP contribution in [-0.2, 0) is 0 Å². The Morgan fingerprint density at radius 2 is 1.96 bits per heavy atom. The summed E-state index contributed by atoms with van der Waals surface area (Å²) in [5.74, 6) is 0.694. The van der Waals surface area contributed by atoms with Crippen LogP contribution in [-0.4, -0.2) is 36.1 Å². The number of nitrogens with one attached hydrogen (secondary N) is 2. The van der Waals surface area contributed by atoms with Crippen molar-refractivity contribution in [3.05, 3.63) is 44.6 Å². The number of H-pyrrole nitrogens is 1. The Kier molecular flexibility index (Phi) is 4.54. The Morgan fingerprint density at radius 3 is 2.77 bits per heavy atom. The number of hydrogen-bond donors (Lipinski definition) is 2. The fraction of sp³-hybridized carbons (Fsp3) is 0.400. The first kappa shape index (κ1) is 17.2. The van der Waals surface area contributed by atoms with E-state index in [9.17, 15) is 4.79 Å². The van der Waals surface area contributed by atoms with Crippen molar-refractivity contribution in [2.24, 2.45) is 0 Å². The van der Waals surface area contributed by atoms with E-state index in [-0.39, 0.29) is 5.56 Å². The molecule has 2 aromatic heterocycles. The molecule has 0 spiro atoms. The van der Waals surface area contributed by atoms with E-state index in [2.05, 4.69) is 54.2 Å². The molecule has 0 saturated carbocycles. The van der Waals surface area contributed by atoms with Crippen LogP contribution in [0.4, 0.5) is 5.95 Å². The molecule has 5 nitrogen and oxygen atoms in total. The first-order valence-electron chi connectivity index (χ1n) is 9.11. The van der Waals surface area contributed by atoms with Crippen LogP contribution < -0.4 is 15.8 Å². The predicted octanol–water partition coefficient (Wildman–Crippen LogP) is 3.38. The van der Waals surface area contributed by atoms with Gasteiger partial charge in [0, 0.05) is 30.1 Å². The monoisotopic (exact) mass is 368 g/mol. The Morgan fingerprint density at radius 1 is 1.12 bits per heavy atom. The largest absolute Gasteiger partial charge is 0.341 e. The smallest absolute Gasteiger partial charge is 0.261 e. The molecule has 0 amide bonds. The number of thiophene rings is 1. The van der Waals surface area contributed by atoms with Gasteiger partial charge in [-0.2, -0.15) is 0 Å². The fourth-order valence-corrected chi connectivity index (χ4v) is 4.60. The molecule has 0 radical (unpaired) electrons. The van der Waals surface area contributed by atoms with Crippen molar-refractivity contribution in [2.45, 2.75) is 27.2 Å². The summed E-state index contributed by atoms with van der Waals surface area (Å²) < 4.78 is 0. The molecule has 2 N–H and O–H groups in total. The molecule has 26 heavy (non-hydrogen) atoms. The molecule has 1 aromatic carbocycles. The topological polar surface area (TPSA) is 61.0 Å². The lowest BCUT2D eigenvalue weighted by Crippen LogP contribution is -2.31. The van der Waals surface area contributed by atoms with Gasteiger partial charge in [-0.25, -0.2) is 4.98 Å². The van der Waals surface area contributed by atoms with Crippen LogP contribution in [0.5, 0.6) is 0 Å². The molecule has 0 unspecified atom stereocenters. The summed E-state index contributed by atoms with van der Waals surface area (Å²) >= 11 is 1.61. The molecule has 1 aliphatic heterocycles. The van der Waals surface area contributed by atoms with E-state index in [0.29, 0.717) is 11.3 Å². The van der Waals surface area contributed by atoms with Gasteiger partial charge in [0.15, 0.2) is 0 Å². The van der Waals surface area contributed by atoms with E-state index < -0.39 is 0 Å². The number of anilines is 1. The molecular formula is C20H24N4OS. The maximum atomic E-state index is 13.0. The van der Waals surface area contributed by atoms with Gasteiger partial charge in [-0.3, -0.25) is 9.78 Å². The van der Waals surface area contributed by atoms with E-state index in [0.717, 1.165) is 53.4 Å². The third kappa shape index (κ3) is 3.04. The summed E-state index contributed by atoms with van der Waals surface area (Å²) in [5, 5.41) is 4.10. The number of nitrogens with zero attached hydrogens (tertiary/aromatic N) is 2. The zero-order valence-electron chi connectivity index (χ0n) is 15.5. The van der Waals surface area contributed by atoms with E-state index in [1.165, 1.54) is 11.1 Å². The lowest BCUT2D eigenvalue weighted by Gasteiger charge is -2.20. The zero-order chi connectivity index (χ0) is 18.3. The van der Waals surface area contributed by atoms with Gasteiger partial charge in [0.25, 0.3) is 5.56 Å². The fourth-order valence-electron chi connectivity index (χ4n) is 3.56. The van der Waals surface area contributed by atoms with E-state index in [1.54, 1.807) is 11.3 Å². The summed E-state index contributed by atoms with van der Waals surface area (Å²) in [7, 11) is 0. The highest BCUT2D eigenvalue weighted by molar-refractivity contribution is 7.19. The van der Waals surface area contributed by atoms with E-state index in [1.807, 2.05) is 0 Å². The number of aromatic amines is 1. The average molecular weight is 369 g/mol. The zero-order valence-corrected chi connectivity index (χ0v) is 16.3. The van der Waals surface area contributed by atoms with Gasteiger partial charge in [-0.15, -0.1) is 11.3 Å². The first-order valence-corrected chi connectivity index (χ1v) is 9.93. The maximum Gasteiger partial charge on any atom is 0.261 e. The Bertz CT molecular complexity index is 1010. The molecule has 1 saturated heterocycles. The second-order valence-corrected chi connectivity index (χ2v) is 8.20. The molecule has 136 valence electrons. The van der Waals surface area contributed by atoms with Crippen LogP contribution in [0.3, 0.4) is 0 Å². The Labute approximate surface area is 157 Å². The summed E-state index contributed by atoms with van der Waals surface area (Å²) in [4.78, 5) is 24.9. The minimum atomic E-state index is -0.0419. The van der Waals surface area contributed by atoms with Gasteiger partial charge < -0.3 is 10.2 Å². The van der Waals surface area contributed by atoms with Crippen LogP contribution >= 0.6 is 11.3 Å². The molecule has 0 atom stereocenters. The van der Waals surface area contributed by atoms with Gasteiger partial charge in [0.2, 0.25) is 5.95 Å². The molecule has 0 bridgehead atoms. The quantitative estimate of drug-likeness (QED) is 0.728. The SMILES string of the molecule is Cc1ccc(-c2c(C)sc3nc(N4CCCNCC4)[nH]c(=O)c23)cc1C. The summed E-state index contributed by atoms with van der Waals surface area (Å²) in [6, 6.07) is 6.39. The van der Waals surface area contributed by atoms with Crippen LogP contribution in [0.1, 0.15) is 22.4 Å². The lowest BCUT2D eigenvalue weighted by atomic mass is 9.99. The highest BCUT2D eigenvalue weighted by atomic mass is 32.1. The maximum absolute atomic E-state index is 13.0. The van der Waals surface area contributed by atoms with Gasteiger partial charge in [-0.1, -0.05) is 18.2 Å². The van der Waals surface area contributed by atoms with Gasteiger partial charge >= 0.3 is 0 Å². The lowest BCUT2D eigenvalue weighted by molar-refractivity contribution is 0.724. The highest BCUT2D eigenvalue weighted by Crippen LogP contribution is 2.36. The van der Waals surface area contributed by atoms with Crippen molar-refractivity contribution in [2.75, 3.05) is 31.1 Å². The van der Waals surface area contributed by atoms with Gasteiger partial charge in [0.05, 0.1) is 5.39 Å². The van der Waals surface area contributed by atoms with Crippen molar-refractivity contribution >= 4 is 27.5 Å². The molecular weight excluding hydrogens is 344 g/mol. The number of benzene rings is 1. The number of rotatable bonds is 2. The Balaban J connectivity index is 1.85. The summed E-state index contributed by atoms with van der Waals surface area (Å²) in [6.45, 7) is 9.99. The van der Waals surface area contributed by atoms with Crippen molar-refractivity contribution in [3.63, 3.8) is 0 Å². The summed E-state index contributed by atoms with van der Waals surface area (Å²) in [5.41, 5.74) is 4.57. The average Bonchev–Trinajstić information content (AvgIpc) is 2.79. The third-order valence-corrected chi connectivity index (χ3v) is 6.16. The molecule has 4 rings (SSSR count). The highest BCUT2D eigenvalue weighted by Gasteiger charge is 2.19. The van der Waals surface area contributed by atoms with Crippen molar-refractivity contribution in [3.8, 4) is 11.1 Å². The van der Waals surface area contributed by atoms with E-state index >= 15 is 0 Å². The number of hydrogen-bond acceptors (Lipinski definition) is 5. The number of aryl methyl sites for hydroxylation is 3. The second-order valence-electron chi connectivity index (χ2n) is 6.99.